The monoisotopic (exact) mass is 438 g/mol. The first-order valence-corrected chi connectivity index (χ1v) is 9.05. The summed E-state index contributed by atoms with van der Waals surface area (Å²) in [5.41, 5.74) is 1.25. The van der Waals surface area contributed by atoms with Gasteiger partial charge < -0.3 is 9.47 Å². The number of alkyl halides is 1. The third-order valence-corrected chi connectivity index (χ3v) is 5.18. The minimum Gasteiger partial charge on any atom is -0.381 e. The highest BCUT2D eigenvalue weighted by Gasteiger charge is 2.25. The first-order valence-electron chi connectivity index (χ1n) is 6.73. The fraction of sp³-hybridized carbons (Fsp3) is 0.600. The van der Waals surface area contributed by atoms with Crippen LogP contribution in [0.15, 0.2) is 28.7 Å². The second kappa shape index (κ2) is 7.96. The van der Waals surface area contributed by atoms with Crippen molar-refractivity contribution in [1.82, 2.24) is 0 Å². The van der Waals surface area contributed by atoms with Gasteiger partial charge in [0.25, 0.3) is 0 Å². The number of hydrogen-bond acceptors (Lipinski definition) is 2. The lowest BCUT2D eigenvalue weighted by Crippen LogP contribution is -2.29. The molecule has 0 N–H and O–H groups in total. The van der Waals surface area contributed by atoms with Crippen molar-refractivity contribution in [2.75, 3.05) is 11.5 Å². The second-order valence-electron chi connectivity index (χ2n) is 4.95. The second-order valence-corrected chi connectivity index (χ2v) is 6.68. The van der Waals surface area contributed by atoms with E-state index in [0.29, 0.717) is 12.2 Å². The highest BCUT2D eigenvalue weighted by atomic mass is 127. The van der Waals surface area contributed by atoms with E-state index < -0.39 is 0 Å². The highest BCUT2D eigenvalue weighted by Crippen LogP contribution is 2.32. The lowest BCUT2D eigenvalue weighted by molar-refractivity contribution is -0.0580. The molecule has 0 spiro atoms. The van der Waals surface area contributed by atoms with E-state index in [2.05, 4.69) is 56.7 Å². The number of benzene rings is 1. The zero-order chi connectivity index (χ0) is 13.7. The maximum absolute atomic E-state index is 6.32. The van der Waals surface area contributed by atoms with Gasteiger partial charge >= 0.3 is 0 Å². The zero-order valence-electron chi connectivity index (χ0n) is 11.1. The van der Waals surface area contributed by atoms with Crippen molar-refractivity contribution in [1.29, 1.82) is 0 Å². The highest BCUT2D eigenvalue weighted by molar-refractivity contribution is 14.1. The SMILES string of the molecule is COC1CCCC(OC(CI)c2ccccc2Br)C1. The molecule has 1 aromatic rings. The van der Waals surface area contributed by atoms with Crippen LogP contribution in [0.25, 0.3) is 0 Å². The predicted molar refractivity (Wildman–Crippen MR) is 89.9 cm³/mol. The van der Waals surface area contributed by atoms with Crippen molar-refractivity contribution in [3.8, 4) is 0 Å². The summed E-state index contributed by atoms with van der Waals surface area (Å²) in [4.78, 5) is 0. The maximum Gasteiger partial charge on any atom is 0.0928 e. The third-order valence-electron chi connectivity index (χ3n) is 3.66. The Balaban J connectivity index is 2.01. The van der Waals surface area contributed by atoms with Gasteiger partial charge in [-0.1, -0.05) is 56.7 Å². The van der Waals surface area contributed by atoms with Gasteiger partial charge in [-0.2, -0.15) is 0 Å². The molecule has 0 saturated heterocycles. The fourth-order valence-electron chi connectivity index (χ4n) is 2.60. The summed E-state index contributed by atoms with van der Waals surface area (Å²) in [6.07, 6.45) is 5.40. The van der Waals surface area contributed by atoms with Crippen LogP contribution in [-0.2, 0) is 9.47 Å². The van der Waals surface area contributed by atoms with Crippen LogP contribution in [-0.4, -0.2) is 23.7 Å². The van der Waals surface area contributed by atoms with Crippen LogP contribution in [0.2, 0.25) is 0 Å². The molecular formula is C15H20BrIO2. The molecule has 1 aromatic carbocycles. The molecule has 3 atom stereocenters. The summed E-state index contributed by atoms with van der Waals surface area (Å²) < 4.78 is 13.9. The molecule has 2 nitrogen and oxygen atoms in total. The predicted octanol–water partition coefficient (Wildman–Crippen LogP) is 4.90. The van der Waals surface area contributed by atoms with Crippen LogP contribution in [0, 0.1) is 0 Å². The molecule has 3 unspecified atom stereocenters. The molecule has 4 heteroatoms. The van der Waals surface area contributed by atoms with Crippen molar-refractivity contribution in [2.45, 2.75) is 44.0 Å². The summed E-state index contributed by atoms with van der Waals surface area (Å²) in [6.45, 7) is 0. The first kappa shape index (κ1) is 15.7. The fourth-order valence-corrected chi connectivity index (χ4v) is 3.82. The number of rotatable bonds is 5. The summed E-state index contributed by atoms with van der Waals surface area (Å²) in [6, 6.07) is 8.34. The van der Waals surface area contributed by atoms with Crippen LogP contribution in [0.4, 0.5) is 0 Å². The smallest absolute Gasteiger partial charge is 0.0928 e. The summed E-state index contributed by atoms with van der Waals surface area (Å²) >= 11 is 6.02. The molecule has 1 aliphatic rings. The van der Waals surface area contributed by atoms with Gasteiger partial charge in [-0.05, 0) is 37.3 Å². The first-order chi connectivity index (χ1) is 9.24. The standard InChI is InChI=1S/C15H20BrIO2/c1-18-11-5-4-6-12(9-11)19-15(10-17)13-7-2-3-8-14(13)16/h2-3,7-8,11-12,15H,4-6,9-10H2,1H3. The minimum absolute atomic E-state index is 0.164. The van der Waals surface area contributed by atoms with Crippen molar-refractivity contribution in [3.05, 3.63) is 34.3 Å². The molecule has 0 radical (unpaired) electrons. The molecule has 1 fully saturated rings. The minimum atomic E-state index is 0.164. The quantitative estimate of drug-likeness (QED) is 0.480. The van der Waals surface area contributed by atoms with Gasteiger partial charge in [-0.15, -0.1) is 0 Å². The molecule has 106 valence electrons. The largest absolute Gasteiger partial charge is 0.381 e. The van der Waals surface area contributed by atoms with Crippen LogP contribution in [0.3, 0.4) is 0 Å². The Morgan fingerprint density at radius 1 is 1.32 bits per heavy atom. The summed E-state index contributed by atoms with van der Waals surface area (Å²) in [7, 11) is 1.80. The molecule has 0 aliphatic heterocycles. The Labute approximate surface area is 137 Å². The summed E-state index contributed by atoms with van der Waals surface area (Å²) in [5, 5.41) is 0. The average Bonchev–Trinajstić information content (AvgIpc) is 2.46. The molecule has 0 bridgehead atoms. The van der Waals surface area contributed by atoms with Crippen molar-refractivity contribution >= 4 is 38.5 Å². The van der Waals surface area contributed by atoms with E-state index in [0.717, 1.165) is 21.7 Å². The van der Waals surface area contributed by atoms with Gasteiger partial charge in [0, 0.05) is 16.0 Å². The van der Waals surface area contributed by atoms with E-state index in [1.54, 1.807) is 7.11 Å². The normalized spacial score (nSPS) is 25.2. The Kier molecular flexibility index (Phi) is 6.59. The number of ether oxygens (including phenoxy) is 2. The number of hydrogen-bond donors (Lipinski definition) is 0. The van der Waals surface area contributed by atoms with Gasteiger partial charge in [-0.25, -0.2) is 0 Å². The van der Waals surface area contributed by atoms with E-state index in [1.807, 2.05) is 6.07 Å². The maximum atomic E-state index is 6.32. The zero-order valence-corrected chi connectivity index (χ0v) is 14.9. The summed E-state index contributed by atoms with van der Waals surface area (Å²) in [5.74, 6) is 0. The van der Waals surface area contributed by atoms with Crippen molar-refractivity contribution in [3.63, 3.8) is 0 Å². The number of halogens is 2. The van der Waals surface area contributed by atoms with Crippen LogP contribution in [0.1, 0.15) is 37.4 Å². The molecule has 1 aliphatic carbocycles. The Bertz CT molecular complexity index is 399. The average molecular weight is 439 g/mol. The molecule has 19 heavy (non-hydrogen) atoms. The molecule has 2 rings (SSSR count). The topological polar surface area (TPSA) is 18.5 Å². The third kappa shape index (κ3) is 4.41. The Morgan fingerprint density at radius 3 is 2.74 bits per heavy atom. The van der Waals surface area contributed by atoms with Crippen LogP contribution >= 0.6 is 38.5 Å². The van der Waals surface area contributed by atoms with Gasteiger partial charge in [-0.3, -0.25) is 0 Å². The van der Waals surface area contributed by atoms with Crippen molar-refractivity contribution < 1.29 is 9.47 Å². The Morgan fingerprint density at radius 2 is 2.05 bits per heavy atom. The van der Waals surface area contributed by atoms with E-state index in [1.165, 1.54) is 18.4 Å². The van der Waals surface area contributed by atoms with E-state index in [9.17, 15) is 0 Å². The van der Waals surface area contributed by atoms with Gasteiger partial charge in [0.15, 0.2) is 0 Å². The van der Waals surface area contributed by atoms with E-state index in [4.69, 9.17) is 9.47 Å². The van der Waals surface area contributed by atoms with Gasteiger partial charge in [0.05, 0.1) is 18.3 Å². The number of methoxy groups -OCH3 is 1. The van der Waals surface area contributed by atoms with Gasteiger partial charge in [0.2, 0.25) is 0 Å². The molecule has 0 heterocycles. The Hall–Kier alpha value is 0.350. The van der Waals surface area contributed by atoms with E-state index >= 15 is 0 Å². The molecular weight excluding hydrogens is 419 g/mol. The molecule has 0 aromatic heterocycles. The molecule has 1 saturated carbocycles. The molecule has 0 amide bonds. The van der Waals surface area contributed by atoms with E-state index in [-0.39, 0.29) is 6.10 Å². The lowest BCUT2D eigenvalue weighted by atomic mass is 9.94. The van der Waals surface area contributed by atoms with Crippen molar-refractivity contribution in [2.24, 2.45) is 0 Å². The van der Waals surface area contributed by atoms with Gasteiger partial charge in [0.1, 0.15) is 0 Å². The van der Waals surface area contributed by atoms with Crippen LogP contribution in [0.5, 0.6) is 0 Å². The lowest BCUT2D eigenvalue weighted by Gasteiger charge is -2.31. The van der Waals surface area contributed by atoms with Crippen LogP contribution < -0.4 is 0 Å².